The average Bonchev–Trinajstić information content (AvgIpc) is 3.29. The molecule has 0 bridgehead atoms. The SMILES string of the molecule is COc1ncc(-c2ccc3ncc(OCCN4CCC(F)CC4)c(=O)n3c2)cc1NS(=O)(=O)c1sc(C)nc1C. The number of halogens is 1. The summed E-state index contributed by atoms with van der Waals surface area (Å²) in [6.45, 7) is 5.58. The molecule has 0 aromatic carbocycles. The second kappa shape index (κ2) is 11.5. The number of thiazole rings is 1. The van der Waals surface area contributed by atoms with Gasteiger partial charge in [-0.3, -0.25) is 18.8 Å². The quantitative estimate of drug-likeness (QED) is 0.313. The van der Waals surface area contributed by atoms with E-state index in [4.69, 9.17) is 9.47 Å². The maximum absolute atomic E-state index is 13.4. The van der Waals surface area contributed by atoms with Crippen molar-refractivity contribution >= 4 is 32.7 Å². The van der Waals surface area contributed by atoms with Crippen molar-refractivity contribution in [1.82, 2.24) is 24.3 Å². The van der Waals surface area contributed by atoms with E-state index < -0.39 is 16.2 Å². The first-order chi connectivity index (χ1) is 19.1. The van der Waals surface area contributed by atoms with Crippen molar-refractivity contribution in [1.29, 1.82) is 0 Å². The number of aryl methyl sites for hydroxylation is 2. The number of sulfonamides is 1. The molecule has 0 saturated carbocycles. The summed E-state index contributed by atoms with van der Waals surface area (Å²) < 4.78 is 54.6. The van der Waals surface area contributed by atoms with Crippen molar-refractivity contribution in [3.8, 4) is 22.8 Å². The Labute approximate surface area is 234 Å². The molecule has 4 aromatic rings. The third-order valence-corrected chi connectivity index (χ3v) is 9.63. The van der Waals surface area contributed by atoms with Gasteiger partial charge in [-0.05, 0) is 44.9 Å². The van der Waals surface area contributed by atoms with Crippen LogP contribution in [0.4, 0.5) is 10.1 Å². The molecule has 5 heterocycles. The van der Waals surface area contributed by atoms with Crippen molar-refractivity contribution in [2.75, 3.05) is 38.1 Å². The predicted molar refractivity (Wildman–Crippen MR) is 150 cm³/mol. The lowest BCUT2D eigenvalue weighted by atomic mass is 10.1. The van der Waals surface area contributed by atoms with Crippen LogP contribution >= 0.6 is 11.3 Å². The summed E-state index contributed by atoms with van der Waals surface area (Å²) in [7, 11) is -2.54. The maximum atomic E-state index is 13.4. The van der Waals surface area contributed by atoms with E-state index >= 15 is 0 Å². The highest BCUT2D eigenvalue weighted by molar-refractivity contribution is 7.94. The maximum Gasteiger partial charge on any atom is 0.300 e. The van der Waals surface area contributed by atoms with Gasteiger partial charge in [0.25, 0.3) is 15.6 Å². The molecule has 1 saturated heterocycles. The molecule has 1 aliphatic rings. The number of fused-ring (bicyclic) bond motifs is 1. The summed E-state index contributed by atoms with van der Waals surface area (Å²) in [4.78, 5) is 28.1. The van der Waals surface area contributed by atoms with Gasteiger partial charge in [0.05, 0.1) is 24.0 Å². The van der Waals surface area contributed by atoms with Gasteiger partial charge >= 0.3 is 0 Å². The highest BCUT2D eigenvalue weighted by atomic mass is 32.2. The standard InChI is InChI=1S/C26H29FN6O5S2/c1-16-26(39-17(2)30-16)40(35,36)31-21-12-19(13-29-24(21)37-3)18-4-5-23-28-14-22(25(34)33(23)15-18)38-11-10-32-8-6-20(27)7-9-32/h4-5,12-15,20,31H,6-11H2,1-3H3. The zero-order valence-electron chi connectivity index (χ0n) is 22.3. The topological polar surface area (TPSA) is 128 Å². The Hall–Kier alpha value is -3.62. The minimum Gasteiger partial charge on any atom is -0.485 e. The number of pyridine rings is 2. The Morgan fingerprint density at radius 3 is 2.62 bits per heavy atom. The molecule has 0 amide bonds. The highest BCUT2D eigenvalue weighted by Crippen LogP contribution is 2.32. The molecule has 14 heteroatoms. The highest BCUT2D eigenvalue weighted by Gasteiger charge is 2.23. The minimum absolute atomic E-state index is 0.0947. The minimum atomic E-state index is -3.94. The van der Waals surface area contributed by atoms with Gasteiger partial charge in [-0.2, -0.15) is 0 Å². The summed E-state index contributed by atoms with van der Waals surface area (Å²) in [6, 6.07) is 5.03. The lowest BCUT2D eigenvalue weighted by Crippen LogP contribution is -2.37. The second-order valence-electron chi connectivity index (χ2n) is 9.43. The van der Waals surface area contributed by atoms with Crippen molar-refractivity contribution in [3.63, 3.8) is 0 Å². The Balaban J connectivity index is 1.40. The molecular formula is C26H29FN6O5S2. The molecule has 0 aliphatic carbocycles. The largest absolute Gasteiger partial charge is 0.485 e. The third kappa shape index (κ3) is 5.93. The van der Waals surface area contributed by atoms with E-state index in [1.807, 2.05) is 0 Å². The fourth-order valence-electron chi connectivity index (χ4n) is 4.54. The number of hydrogen-bond acceptors (Lipinski definition) is 10. The van der Waals surface area contributed by atoms with Crippen LogP contribution in [0.1, 0.15) is 23.5 Å². The number of methoxy groups -OCH3 is 1. The van der Waals surface area contributed by atoms with Crippen LogP contribution in [0.25, 0.3) is 16.8 Å². The first-order valence-electron chi connectivity index (χ1n) is 12.7. The molecule has 0 spiro atoms. The number of ether oxygens (including phenoxy) is 2. The van der Waals surface area contributed by atoms with Crippen LogP contribution in [0.5, 0.6) is 11.6 Å². The molecular weight excluding hydrogens is 559 g/mol. The summed E-state index contributed by atoms with van der Waals surface area (Å²) in [6.07, 6.45) is 4.80. The van der Waals surface area contributed by atoms with Crippen LogP contribution in [0.3, 0.4) is 0 Å². The number of rotatable bonds is 9. The van der Waals surface area contributed by atoms with Crippen LogP contribution < -0.4 is 19.8 Å². The molecule has 1 aliphatic heterocycles. The van der Waals surface area contributed by atoms with E-state index in [-0.39, 0.29) is 33.7 Å². The molecule has 0 unspecified atom stereocenters. The van der Waals surface area contributed by atoms with Crippen molar-refractivity contribution in [2.45, 2.75) is 37.1 Å². The van der Waals surface area contributed by atoms with Gasteiger partial charge in [0, 0.05) is 43.2 Å². The number of likely N-dealkylation sites (tertiary alicyclic amines) is 1. The number of anilines is 1. The zero-order valence-corrected chi connectivity index (χ0v) is 23.9. The molecule has 0 atom stereocenters. The van der Waals surface area contributed by atoms with Gasteiger partial charge < -0.3 is 9.47 Å². The lowest BCUT2D eigenvalue weighted by Gasteiger charge is -2.28. The van der Waals surface area contributed by atoms with Gasteiger partial charge in [-0.25, -0.2) is 27.8 Å². The Bertz CT molecular complexity index is 1700. The molecule has 1 fully saturated rings. The molecule has 40 heavy (non-hydrogen) atoms. The Morgan fingerprint density at radius 1 is 1.15 bits per heavy atom. The van der Waals surface area contributed by atoms with Crippen LogP contribution in [0.2, 0.25) is 0 Å². The fraction of sp³-hybridized carbons (Fsp3) is 0.385. The second-order valence-corrected chi connectivity index (χ2v) is 12.5. The van der Waals surface area contributed by atoms with Crippen molar-refractivity contribution in [3.05, 3.63) is 57.8 Å². The van der Waals surface area contributed by atoms with Crippen LogP contribution in [0, 0.1) is 13.8 Å². The monoisotopic (exact) mass is 588 g/mol. The van der Waals surface area contributed by atoms with Gasteiger partial charge in [0.15, 0.2) is 4.21 Å². The molecule has 1 N–H and O–H groups in total. The van der Waals surface area contributed by atoms with E-state index in [1.165, 1.54) is 23.9 Å². The third-order valence-electron chi connectivity index (χ3n) is 6.58. The normalized spacial score (nSPS) is 14.9. The number of hydrogen-bond donors (Lipinski definition) is 1. The van der Waals surface area contributed by atoms with Crippen molar-refractivity contribution < 1.29 is 22.3 Å². The lowest BCUT2D eigenvalue weighted by molar-refractivity contribution is 0.131. The summed E-state index contributed by atoms with van der Waals surface area (Å²) >= 11 is 1.08. The number of nitrogens with zero attached hydrogens (tertiary/aromatic N) is 5. The molecule has 11 nitrogen and oxygen atoms in total. The van der Waals surface area contributed by atoms with E-state index in [0.717, 1.165) is 11.3 Å². The van der Waals surface area contributed by atoms with E-state index in [9.17, 15) is 17.6 Å². The Morgan fingerprint density at radius 2 is 1.93 bits per heavy atom. The fourth-order valence-corrected chi connectivity index (χ4v) is 7.07. The van der Waals surface area contributed by atoms with Crippen LogP contribution in [-0.2, 0) is 10.0 Å². The van der Waals surface area contributed by atoms with E-state index in [2.05, 4.69) is 24.6 Å². The summed E-state index contributed by atoms with van der Waals surface area (Å²) in [5, 5.41) is 0.636. The van der Waals surface area contributed by atoms with Crippen LogP contribution in [0.15, 0.2) is 45.8 Å². The van der Waals surface area contributed by atoms with E-state index in [1.54, 1.807) is 38.2 Å². The first kappa shape index (κ1) is 27.9. The van der Waals surface area contributed by atoms with Gasteiger partial charge in [0.2, 0.25) is 11.6 Å². The number of alkyl halides is 1. The van der Waals surface area contributed by atoms with Crippen molar-refractivity contribution in [2.24, 2.45) is 0 Å². The summed E-state index contributed by atoms with van der Waals surface area (Å²) in [5.41, 5.74) is 1.74. The number of piperidine rings is 1. The summed E-state index contributed by atoms with van der Waals surface area (Å²) in [5.74, 6) is 0.198. The molecule has 4 aromatic heterocycles. The average molecular weight is 589 g/mol. The smallest absolute Gasteiger partial charge is 0.300 e. The molecule has 0 radical (unpaired) electrons. The zero-order chi connectivity index (χ0) is 28.4. The molecule has 212 valence electrons. The number of nitrogens with one attached hydrogen (secondary N) is 1. The van der Waals surface area contributed by atoms with Gasteiger partial charge in [-0.15, -0.1) is 11.3 Å². The van der Waals surface area contributed by atoms with Gasteiger partial charge in [-0.1, -0.05) is 0 Å². The van der Waals surface area contributed by atoms with E-state index in [0.29, 0.717) is 60.0 Å². The number of aromatic nitrogens is 4. The van der Waals surface area contributed by atoms with Crippen LogP contribution in [-0.4, -0.2) is 72.2 Å². The molecule has 5 rings (SSSR count). The Kier molecular flexibility index (Phi) is 8.01. The van der Waals surface area contributed by atoms with Gasteiger partial charge in [0.1, 0.15) is 24.1 Å². The predicted octanol–water partition coefficient (Wildman–Crippen LogP) is 3.45. The first-order valence-corrected chi connectivity index (χ1v) is 15.0.